The van der Waals surface area contributed by atoms with Crippen LogP contribution in [0.5, 0.6) is 0 Å². The monoisotopic (exact) mass is 295 g/mol. The molecule has 0 radical (unpaired) electrons. The van der Waals surface area contributed by atoms with E-state index in [1.54, 1.807) is 0 Å². The lowest BCUT2D eigenvalue weighted by atomic mass is 9.97. The van der Waals surface area contributed by atoms with Gasteiger partial charge in [0, 0.05) is 18.1 Å². The number of halogens is 2. The van der Waals surface area contributed by atoms with Crippen molar-refractivity contribution in [2.75, 3.05) is 6.54 Å². The first-order valence-corrected chi connectivity index (χ1v) is 7.11. The molecule has 1 unspecified atom stereocenters. The normalized spacial score (nSPS) is 12.6. The second-order valence-corrected chi connectivity index (χ2v) is 5.06. The van der Waals surface area contributed by atoms with Gasteiger partial charge in [-0.25, -0.2) is 8.78 Å². The summed E-state index contributed by atoms with van der Waals surface area (Å²) in [6.45, 7) is 2.78. The highest BCUT2D eigenvalue weighted by atomic mass is 19.1. The summed E-state index contributed by atoms with van der Waals surface area (Å²) in [5.74, 6) is -0.118. The Morgan fingerprint density at radius 3 is 2.52 bits per heavy atom. The van der Waals surface area contributed by atoms with E-state index in [0.29, 0.717) is 24.8 Å². The molecule has 2 N–H and O–H groups in total. The van der Waals surface area contributed by atoms with Crippen LogP contribution >= 0.6 is 0 Å². The maximum atomic E-state index is 13.2. The van der Waals surface area contributed by atoms with Crippen molar-refractivity contribution >= 4 is 0 Å². The highest BCUT2D eigenvalue weighted by Gasteiger charge is 2.13. The minimum absolute atomic E-state index is 0.204. The third-order valence-electron chi connectivity index (χ3n) is 3.51. The topological polar surface area (TPSA) is 64.9 Å². The lowest BCUT2D eigenvalue weighted by Gasteiger charge is -2.11. The minimum atomic E-state index is -0.662. The first-order chi connectivity index (χ1) is 10.1. The second kappa shape index (κ2) is 7.26. The first kappa shape index (κ1) is 15.6. The average molecular weight is 295 g/mol. The Morgan fingerprint density at radius 2 is 1.90 bits per heavy atom. The van der Waals surface area contributed by atoms with E-state index in [-0.39, 0.29) is 11.4 Å². The van der Waals surface area contributed by atoms with Crippen LogP contribution in [0.3, 0.4) is 0 Å². The Labute approximate surface area is 122 Å². The van der Waals surface area contributed by atoms with Gasteiger partial charge in [-0.3, -0.25) is 0 Å². The second-order valence-electron chi connectivity index (χ2n) is 5.06. The van der Waals surface area contributed by atoms with Crippen molar-refractivity contribution in [1.82, 2.24) is 10.1 Å². The molecule has 6 heteroatoms. The van der Waals surface area contributed by atoms with Crippen molar-refractivity contribution in [1.29, 1.82) is 0 Å². The fraction of sp³-hybridized carbons (Fsp3) is 0.467. The van der Waals surface area contributed by atoms with Gasteiger partial charge in [-0.05, 0) is 37.4 Å². The Hall–Kier alpha value is -1.82. The van der Waals surface area contributed by atoms with Crippen molar-refractivity contribution in [2.24, 2.45) is 11.7 Å². The molecule has 114 valence electrons. The number of rotatable bonds is 7. The van der Waals surface area contributed by atoms with Gasteiger partial charge in [-0.2, -0.15) is 4.98 Å². The predicted octanol–water partition coefficient (Wildman–Crippen LogP) is 3.32. The average Bonchev–Trinajstić information content (AvgIpc) is 2.91. The van der Waals surface area contributed by atoms with Crippen molar-refractivity contribution in [3.8, 4) is 11.4 Å². The van der Waals surface area contributed by atoms with Crippen LogP contribution in [0, 0.1) is 17.6 Å². The molecule has 0 fully saturated rings. The fourth-order valence-corrected chi connectivity index (χ4v) is 2.27. The predicted molar refractivity (Wildman–Crippen MR) is 75.4 cm³/mol. The largest absolute Gasteiger partial charge is 0.339 e. The fourth-order valence-electron chi connectivity index (χ4n) is 2.27. The van der Waals surface area contributed by atoms with Crippen LogP contribution < -0.4 is 5.73 Å². The van der Waals surface area contributed by atoms with Gasteiger partial charge in [0.2, 0.25) is 11.7 Å². The summed E-state index contributed by atoms with van der Waals surface area (Å²) in [5, 5.41) is 3.77. The van der Waals surface area contributed by atoms with Gasteiger partial charge in [-0.1, -0.05) is 18.5 Å². The molecule has 0 bridgehead atoms. The van der Waals surface area contributed by atoms with E-state index in [2.05, 4.69) is 17.1 Å². The number of benzene rings is 1. The van der Waals surface area contributed by atoms with Gasteiger partial charge < -0.3 is 10.3 Å². The van der Waals surface area contributed by atoms with Crippen molar-refractivity contribution < 1.29 is 13.3 Å². The molecular formula is C15H19F2N3O. The molecule has 1 aromatic carbocycles. The van der Waals surface area contributed by atoms with Crippen LogP contribution in [-0.2, 0) is 6.42 Å². The number of hydrogen-bond acceptors (Lipinski definition) is 4. The van der Waals surface area contributed by atoms with Gasteiger partial charge in [0.25, 0.3) is 0 Å². The molecule has 0 saturated heterocycles. The molecule has 0 saturated carbocycles. The summed E-state index contributed by atoms with van der Waals surface area (Å²) in [7, 11) is 0. The van der Waals surface area contributed by atoms with E-state index in [4.69, 9.17) is 10.3 Å². The molecular weight excluding hydrogens is 276 g/mol. The van der Waals surface area contributed by atoms with E-state index in [1.165, 1.54) is 12.1 Å². The zero-order chi connectivity index (χ0) is 15.2. The third-order valence-corrected chi connectivity index (χ3v) is 3.51. The van der Waals surface area contributed by atoms with Gasteiger partial charge in [-0.15, -0.1) is 0 Å². The number of hydrogen-bond donors (Lipinski definition) is 1. The van der Waals surface area contributed by atoms with Crippen molar-refractivity contribution in [3.05, 3.63) is 35.7 Å². The third kappa shape index (κ3) is 4.32. The summed E-state index contributed by atoms with van der Waals surface area (Å²) < 4.78 is 31.5. The van der Waals surface area contributed by atoms with E-state index >= 15 is 0 Å². The quantitative estimate of drug-likeness (QED) is 0.851. The minimum Gasteiger partial charge on any atom is -0.339 e. The number of aromatic nitrogens is 2. The van der Waals surface area contributed by atoms with Gasteiger partial charge >= 0.3 is 0 Å². The maximum Gasteiger partial charge on any atom is 0.226 e. The van der Waals surface area contributed by atoms with Crippen LogP contribution in [0.15, 0.2) is 22.7 Å². The zero-order valence-corrected chi connectivity index (χ0v) is 12.0. The Kier molecular flexibility index (Phi) is 5.38. The van der Waals surface area contributed by atoms with E-state index in [9.17, 15) is 8.78 Å². The van der Waals surface area contributed by atoms with E-state index < -0.39 is 11.6 Å². The van der Waals surface area contributed by atoms with Crippen LogP contribution in [0.25, 0.3) is 11.4 Å². The maximum absolute atomic E-state index is 13.2. The van der Waals surface area contributed by atoms with Gasteiger partial charge in [0.1, 0.15) is 11.6 Å². The molecule has 2 aromatic rings. The first-order valence-electron chi connectivity index (χ1n) is 7.11. The van der Waals surface area contributed by atoms with Crippen LogP contribution in [0.4, 0.5) is 8.78 Å². The Bertz CT molecular complexity index is 566. The number of nitrogens with two attached hydrogens (primary N) is 1. The molecule has 4 nitrogen and oxygen atoms in total. The molecule has 1 atom stereocenters. The van der Waals surface area contributed by atoms with Crippen LogP contribution in [-0.4, -0.2) is 16.7 Å². The van der Waals surface area contributed by atoms with Crippen LogP contribution in [0.2, 0.25) is 0 Å². The summed E-state index contributed by atoms with van der Waals surface area (Å²) in [6.07, 6.45) is 3.57. The number of aryl methyl sites for hydroxylation is 1. The molecule has 0 spiro atoms. The Balaban J connectivity index is 2.04. The molecule has 1 heterocycles. The molecule has 21 heavy (non-hydrogen) atoms. The molecule has 0 aliphatic heterocycles. The SMILES string of the molecule is CCC(CCN)CCc1nc(-c2cc(F)cc(F)c2)no1. The summed E-state index contributed by atoms with van der Waals surface area (Å²) >= 11 is 0. The van der Waals surface area contributed by atoms with Gasteiger partial charge in [0.05, 0.1) is 0 Å². The van der Waals surface area contributed by atoms with E-state index in [1.807, 2.05) is 0 Å². The molecule has 0 amide bonds. The lowest BCUT2D eigenvalue weighted by molar-refractivity contribution is 0.354. The molecule has 0 aliphatic carbocycles. The summed E-state index contributed by atoms with van der Waals surface area (Å²) in [5.41, 5.74) is 5.83. The zero-order valence-electron chi connectivity index (χ0n) is 12.0. The Morgan fingerprint density at radius 1 is 1.19 bits per heavy atom. The highest BCUT2D eigenvalue weighted by molar-refractivity contribution is 5.54. The molecule has 1 aromatic heterocycles. The molecule has 0 aliphatic rings. The summed E-state index contributed by atoms with van der Waals surface area (Å²) in [4.78, 5) is 4.19. The summed E-state index contributed by atoms with van der Waals surface area (Å²) in [6, 6.07) is 3.17. The lowest BCUT2D eigenvalue weighted by Crippen LogP contribution is -2.09. The van der Waals surface area contributed by atoms with Crippen molar-refractivity contribution in [2.45, 2.75) is 32.6 Å². The standard InChI is InChI=1S/C15H19F2N3O/c1-2-10(5-6-18)3-4-14-19-15(20-21-14)11-7-12(16)9-13(17)8-11/h7-10H,2-6,18H2,1H3. The molecule has 2 rings (SSSR count). The van der Waals surface area contributed by atoms with Gasteiger partial charge in [0.15, 0.2) is 0 Å². The van der Waals surface area contributed by atoms with Crippen LogP contribution in [0.1, 0.15) is 32.1 Å². The highest BCUT2D eigenvalue weighted by Crippen LogP contribution is 2.20. The van der Waals surface area contributed by atoms with E-state index in [0.717, 1.165) is 25.3 Å². The number of nitrogens with zero attached hydrogens (tertiary/aromatic N) is 2. The van der Waals surface area contributed by atoms with Crippen molar-refractivity contribution in [3.63, 3.8) is 0 Å². The smallest absolute Gasteiger partial charge is 0.226 e.